The van der Waals surface area contributed by atoms with Crippen LogP contribution in [0.5, 0.6) is 5.75 Å². The molecule has 1 atom stereocenters. The molecule has 17 heavy (non-hydrogen) atoms. The van der Waals surface area contributed by atoms with E-state index in [0.29, 0.717) is 30.3 Å². The van der Waals surface area contributed by atoms with Crippen molar-refractivity contribution >= 4 is 12.4 Å². The van der Waals surface area contributed by atoms with Crippen LogP contribution < -0.4 is 4.74 Å². The molecular weight excluding hydrogens is 220 g/mol. The van der Waals surface area contributed by atoms with Gasteiger partial charge in [0.05, 0.1) is 12.2 Å². The Labute approximate surface area is 101 Å². The molecule has 0 aliphatic heterocycles. The lowest BCUT2D eigenvalue weighted by Gasteiger charge is -2.09. The van der Waals surface area contributed by atoms with E-state index >= 15 is 0 Å². The van der Waals surface area contributed by atoms with Gasteiger partial charge >= 0.3 is 5.97 Å². The molecule has 4 nitrogen and oxygen atoms in total. The van der Waals surface area contributed by atoms with Crippen molar-refractivity contribution in [2.24, 2.45) is 5.92 Å². The van der Waals surface area contributed by atoms with Gasteiger partial charge in [0.15, 0.2) is 0 Å². The first kappa shape index (κ1) is 13.2. The van der Waals surface area contributed by atoms with Gasteiger partial charge in [-0.2, -0.15) is 0 Å². The molecule has 0 heterocycles. The first-order chi connectivity index (χ1) is 8.17. The highest BCUT2D eigenvalue weighted by Crippen LogP contribution is 2.12. The van der Waals surface area contributed by atoms with Gasteiger partial charge in [-0.15, -0.1) is 0 Å². The zero-order chi connectivity index (χ0) is 12.7. The Hall–Kier alpha value is -1.84. The lowest BCUT2D eigenvalue weighted by Crippen LogP contribution is -2.11. The summed E-state index contributed by atoms with van der Waals surface area (Å²) in [4.78, 5) is 21.7. The van der Waals surface area contributed by atoms with Gasteiger partial charge in [-0.3, -0.25) is 4.79 Å². The predicted molar refractivity (Wildman–Crippen MR) is 62.9 cm³/mol. The number of esters is 1. The summed E-state index contributed by atoms with van der Waals surface area (Å²) in [6.45, 7) is 4.83. The van der Waals surface area contributed by atoms with Crippen LogP contribution in [-0.4, -0.2) is 19.0 Å². The second-order valence-corrected chi connectivity index (χ2v) is 3.85. The second-order valence-electron chi connectivity index (χ2n) is 3.85. The Bertz CT molecular complexity index is 370. The Morgan fingerprint density at radius 3 is 2.53 bits per heavy atom. The van der Waals surface area contributed by atoms with E-state index in [2.05, 4.69) is 4.74 Å². The Morgan fingerprint density at radius 1 is 1.35 bits per heavy atom. The molecule has 0 saturated heterocycles. The van der Waals surface area contributed by atoms with Crippen LogP contribution in [0.3, 0.4) is 0 Å². The lowest BCUT2D eigenvalue weighted by molar-refractivity contribution is -0.120. The highest BCUT2D eigenvalue weighted by atomic mass is 16.5. The van der Waals surface area contributed by atoms with Crippen LogP contribution in [-0.2, 0) is 9.53 Å². The Kier molecular flexibility index (Phi) is 5.20. The minimum atomic E-state index is -0.358. The lowest BCUT2D eigenvalue weighted by atomic mass is 10.1. The molecule has 0 aromatic heterocycles. The maximum absolute atomic E-state index is 11.6. The molecule has 4 heteroatoms. The summed E-state index contributed by atoms with van der Waals surface area (Å²) in [6.07, 6.45) is 0.972. The fourth-order valence-electron chi connectivity index (χ4n) is 1.14. The summed E-state index contributed by atoms with van der Waals surface area (Å²) in [5.41, 5.74) is 0.451. The van der Waals surface area contributed by atoms with Crippen molar-refractivity contribution in [1.82, 2.24) is 0 Å². The predicted octanol–water partition coefficient (Wildman–Crippen LogP) is 2.42. The minimum Gasteiger partial charge on any atom is -0.462 e. The van der Waals surface area contributed by atoms with Gasteiger partial charge in [-0.1, -0.05) is 20.3 Å². The second kappa shape index (κ2) is 6.68. The molecule has 1 aromatic carbocycles. The van der Waals surface area contributed by atoms with Gasteiger partial charge in [0.25, 0.3) is 6.47 Å². The van der Waals surface area contributed by atoms with Crippen molar-refractivity contribution in [3.63, 3.8) is 0 Å². The summed E-state index contributed by atoms with van der Waals surface area (Å²) in [6, 6.07) is 6.23. The maximum Gasteiger partial charge on any atom is 0.338 e. The first-order valence-corrected chi connectivity index (χ1v) is 5.54. The van der Waals surface area contributed by atoms with E-state index in [1.807, 2.05) is 13.8 Å². The maximum atomic E-state index is 11.6. The van der Waals surface area contributed by atoms with Crippen LogP contribution >= 0.6 is 0 Å². The zero-order valence-corrected chi connectivity index (χ0v) is 10.0. The standard InChI is InChI=1S/C13H16O4/c1-3-10(2)8-16-13(15)11-4-6-12(7-5-11)17-9-14/h4-7,9-10H,3,8H2,1-2H3. The molecule has 0 bridgehead atoms. The number of benzene rings is 1. The first-order valence-electron chi connectivity index (χ1n) is 5.54. The van der Waals surface area contributed by atoms with Crippen LogP contribution in [0.25, 0.3) is 0 Å². The largest absolute Gasteiger partial charge is 0.462 e. The van der Waals surface area contributed by atoms with E-state index in [-0.39, 0.29) is 5.97 Å². The molecule has 0 spiro atoms. The van der Waals surface area contributed by atoms with Crippen molar-refractivity contribution in [1.29, 1.82) is 0 Å². The molecule has 0 N–H and O–H groups in total. The molecule has 1 aromatic rings. The highest BCUT2D eigenvalue weighted by Gasteiger charge is 2.09. The van der Waals surface area contributed by atoms with Crippen molar-refractivity contribution in [2.45, 2.75) is 20.3 Å². The third kappa shape index (κ3) is 4.26. The normalized spacial score (nSPS) is 11.6. The van der Waals surface area contributed by atoms with Crippen LogP contribution in [0.1, 0.15) is 30.6 Å². The van der Waals surface area contributed by atoms with Gasteiger partial charge in [-0.05, 0) is 30.2 Å². The summed E-state index contributed by atoms with van der Waals surface area (Å²) in [5, 5.41) is 0. The third-order valence-corrected chi connectivity index (χ3v) is 2.47. The number of rotatable bonds is 6. The van der Waals surface area contributed by atoms with E-state index in [4.69, 9.17) is 4.74 Å². The van der Waals surface area contributed by atoms with Crippen LogP contribution in [0.2, 0.25) is 0 Å². The summed E-state index contributed by atoms with van der Waals surface area (Å²) < 4.78 is 9.75. The number of hydrogen-bond donors (Lipinski definition) is 0. The molecule has 0 aliphatic rings. The van der Waals surface area contributed by atoms with E-state index in [1.54, 1.807) is 24.3 Å². The van der Waals surface area contributed by atoms with E-state index < -0.39 is 0 Å². The number of hydrogen-bond acceptors (Lipinski definition) is 4. The van der Waals surface area contributed by atoms with Crippen molar-refractivity contribution in [2.75, 3.05) is 6.61 Å². The van der Waals surface area contributed by atoms with Gasteiger partial charge in [0.2, 0.25) is 0 Å². The fourth-order valence-corrected chi connectivity index (χ4v) is 1.14. The molecule has 0 radical (unpaired) electrons. The summed E-state index contributed by atoms with van der Waals surface area (Å²) in [7, 11) is 0. The van der Waals surface area contributed by atoms with Crippen LogP contribution in [0.15, 0.2) is 24.3 Å². The van der Waals surface area contributed by atoms with Crippen molar-refractivity contribution in [3.05, 3.63) is 29.8 Å². The van der Waals surface area contributed by atoms with E-state index in [0.717, 1.165) is 6.42 Å². The number of carbonyl (C=O) groups is 2. The average molecular weight is 236 g/mol. The monoisotopic (exact) mass is 236 g/mol. The Morgan fingerprint density at radius 2 is 2.00 bits per heavy atom. The quantitative estimate of drug-likeness (QED) is 0.562. The van der Waals surface area contributed by atoms with Crippen LogP contribution in [0, 0.1) is 5.92 Å². The number of carbonyl (C=O) groups excluding carboxylic acids is 2. The molecule has 1 rings (SSSR count). The third-order valence-electron chi connectivity index (χ3n) is 2.47. The number of ether oxygens (including phenoxy) is 2. The van der Waals surface area contributed by atoms with Crippen molar-refractivity contribution in [3.8, 4) is 5.75 Å². The molecule has 0 fully saturated rings. The van der Waals surface area contributed by atoms with Gasteiger partial charge in [-0.25, -0.2) is 4.79 Å². The zero-order valence-electron chi connectivity index (χ0n) is 10.0. The smallest absolute Gasteiger partial charge is 0.338 e. The molecule has 1 unspecified atom stereocenters. The fraction of sp³-hybridized carbons (Fsp3) is 0.385. The summed E-state index contributed by atoms with van der Waals surface area (Å²) >= 11 is 0. The molecule has 0 amide bonds. The van der Waals surface area contributed by atoms with Gasteiger partial charge in [0.1, 0.15) is 5.75 Å². The molecule has 0 saturated carbocycles. The Balaban J connectivity index is 2.54. The van der Waals surface area contributed by atoms with Gasteiger partial charge in [0, 0.05) is 0 Å². The molecule has 92 valence electrons. The topological polar surface area (TPSA) is 52.6 Å². The van der Waals surface area contributed by atoms with Crippen LogP contribution in [0.4, 0.5) is 0 Å². The van der Waals surface area contributed by atoms with E-state index in [9.17, 15) is 9.59 Å². The highest BCUT2D eigenvalue weighted by molar-refractivity contribution is 5.89. The molecule has 0 aliphatic carbocycles. The van der Waals surface area contributed by atoms with Gasteiger partial charge < -0.3 is 9.47 Å². The van der Waals surface area contributed by atoms with Crippen molar-refractivity contribution < 1.29 is 19.1 Å². The molecular formula is C13H16O4. The average Bonchev–Trinajstić information content (AvgIpc) is 2.36. The van der Waals surface area contributed by atoms with E-state index in [1.165, 1.54) is 0 Å². The minimum absolute atomic E-state index is 0.344. The summed E-state index contributed by atoms with van der Waals surface area (Å²) in [5.74, 6) is 0.401. The SMILES string of the molecule is CCC(C)COC(=O)c1ccc(OC=O)cc1.